The molecule has 11 heteroatoms. The van der Waals surface area contributed by atoms with Crippen molar-refractivity contribution in [2.75, 3.05) is 31.6 Å². The van der Waals surface area contributed by atoms with Crippen molar-refractivity contribution >= 4 is 39.4 Å². The highest BCUT2D eigenvalue weighted by Gasteiger charge is 2.36. The summed E-state index contributed by atoms with van der Waals surface area (Å²) in [7, 11) is 1.42. The van der Waals surface area contributed by atoms with Gasteiger partial charge >= 0.3 is 12.3 Å². The van der Waals surface area contributed by atoms with Gasteiger partial charge in [0.15, 0.2) is 0 Å². The molecule has 7 nitrogen and oxygen atoms in total. The average Bonchev–Trinajstić information content (AvgIpc) is 3.15. The monoisotopic (exact) mass is 470 g/mol. The van der Waals surface area contributed by atoms with Gasteiger partial charge in [0, 0.05) is 44.9 Å². The average molecular weight is 471 g/mol. The summed E-state index contributed by atoms with van der Waals surface area (Å²) >= 11 is 0.860. The van der Waals surface area contributed by atoms with Gasteiger partial charge in [-0.05, 0) is 24.8 Å². The first-order chi connectivity index (χ1) is 15.3. The molecule has 0 bridgehead atoms. The van der Waals surface area contributed by atoms with E-state index in [1.54, 1.807) is 4.90 Å². The van der Waals surface area contributed by atoms with Crippen LogP contribution in [0.1, 0.15) is 48.0 Å². The molecule has 3 heterocycles. The summed E-state index contributed by atoms with van der Waals surface area (Å²) in [6.45, 7) is 1.42. The number of halogens is 3. The zero-order valence-electron chi connectivity index (χ0n) is 17.6. The highest BCUT2D eigenvalue weighted by molar-refractivity contribution is 7.17. The molecule has 2 amide bonds. The second-order valence-electron chi connectivity index (χ2n) is 8.20. The minimum absolute atomic E-state index is 0.0490. The molecule has 2 fully saturated rings. The van der Waals surface area contributed by atoms with E-state index in [-0.39, 0.29) is 27.7 Å². The third kappa shape index (κ3) is 4.77. The number of anilines is 1. The van der Waals surface area contributed by atoms with Gasteiger partial charge in [-0.3, -0.25) is 4.79 Å². The molecule has 2 N–H and O–H groups in total. The molecule has 0 spiro atoms. The van der Waals surface area contributed by atoms with Crippen molar-refractivity contribution in [1.82, 2.24) is 15.6 Å². The van der Waals surface area contributed by atoms with Crippen molar-refractivity contribution < 1.29 is 27.5 Å². The number of nitrogens with zero attached hydrogens (tertiary/aromatic N) is 2. The second kappa shape index (κ2) is 9.13. The minimum atomic E-state index is -4.57. The Bertz CT molecular complexity index is 998. The Morgan fingerprint density at radius 2 is 1.97 bits per heavy atom. The van der Waals surface area contributed by atoms with E-state index >= 15 is 0 Å². The summed E-state index contributed by atoms with van der Waals surface area (Å²) in [5, 5.41) is 6.63. The van der Waals surface area contributed by atoms with E-state index in [9.17, 15) is 22.8 Å². The van der Waals surface area contributed by atoms with Crippen LogP contribution >= 0.6 is 11.3 Å². The molecule has 0 atom stereocenters. The van der Waals surface area contributed by atoms with Crippen LogP contribution in [0.25, 0.3) is 10.2 Å². The molecule has 1 saturated carbocycles. The van der Waals surface area contributed by atoms with Crippen LogP contribution in [0, 0.1) is 5.92 Å². The molecule has 1 aliphatic heterocycles. The molecular weight excluding hydrogens is 445 g/mol. The van der Waals surface area contributed by atoms with Gasteiger partial charge in [-0.15, -0.1) is 11.3 Å². The Labute approximate surface area is 187 Å². The Balaban J connectivity index is 1.46. The number of hydrogen-bond acceptors (Lipinski definition) is 6. The van der Waals surface area contributed by atoms with Crippen LogP contribution in [0.3, 0.4) is 0 Å². The highest BCUT2D eigenvalue weighted by Crippen LogP contribution is 2.40. The predicted molar refractivity (Wildman–Crippen MR) is 115 cm³/mol. The van der Waals surface area contributed by atoms with Crippen LogP contribution in [-0.4, -0.2) is 49.8 Å². The molecule has 2 aromatic heterocycles. The lowest BCUT2D eigenvalue weighted by atomic mass is 9.85. The zero-order chi connectivity index (χ0) is 22.9. The molecule has 4 rings (SSSR count). The number of aromatic nitrogens is 1. The molecular formula is C21H25F3N4O3S. The summed E-state index contributed by atoms with van der Waals surface area (Å²) in [4.78, 5) is 30.2. The highest BCUT2D eigenvalue weighted by atomic mass is 32.1. The molecule has 0 aromatic carbocycles. The maximum atomic E-state index is 13.7. The van der Waals surface area contributed by atoms with Crippen molar-refractivity contribution in [3.05, 3.63) is 22.6 Å². The van der Waals surface area contributed by atoms with Gasteiger partial charge < -0.3 is 20.3 Å². The fourth-order valence-corrected chi connectivity index (χ4v) is 5.01. The van der Waals surface area contributed by atoms with Crippen molar-refractivity contribution in [2.45, 2.75) is 44.4 Å². The molecule has 174 valence electrons. The number of carbonyl (C=O) groups is 2. The van der Waals surface area contributed by atoms with E-state index in [1.165, 1.54) is 18.8 Å². The molecule has 1 saturated heterocycles. The fraction of sp³-hybridized carbons (Fsp3) is 0.571. The van der Waals surface area contributed by atoms with Crippen molar-refractivity contribution in [3.8, 4) is 0 Å². The molecule has 32 heavy (non-hydrogen) atoms. The first-order valence-corrected chi connectivity index (χ1v) is 11.5. The van der Waals surface area contributed by atoms with E-state index in [0.717, 1.165) is 30.2 Å². The smallest absolute Gasteiger partial charge is 0.417 e. The number of pyridine rings is 1. The standard InChI is InChI=1S/C21H25F3N4O3S/c1-25-19(29)14-11-32-18-15(21(22,23)24)9-16(27-17(14)18)28-7-5-13(6-8-28)31-20(30)26-10-12-3-2-4-12/h9,11-13H,2-8,10H2,1H3,(H,25,29)(H,26,30). The summed E-state index contributed by atoms with van der Waals surface area (Å²) in [6.07, 6.45) is -0.868. The Morgan fingerprint density at radius 1 is 1.25 bits per heavy atom. The number of ether oxygens (including phenoxy) is 1. The first-order valence-electron chi connectivity index (χ1n) is 10.7. The Kier molecular flexibility index (Phi) is 6.45. The van der Waals surface area contributed by atoms with Gasteiger partial charge in [0.2, 0.25) is 0 Å². The summed E-state index contributed by atoms with van der Waals surface area (Å²) in [5.41, 5.74) is -0.625. The van der Waals surface area contributed by atoms with Gasteiger partial charge in [0.05, 0.1) is 21.3 Å². The van der Waals surface area contributed by atoms with E-state index in [4.69, 9.17) is 4.74 Å². The lowest BCUT2D eigenvalue weighted by Gasteiger charge is -2.33. The largest absolute Gasteiger partial charge is 0.446 e. The Morgan fingerprint density at radius 3 is 2.56 bits per heavy atom. The molecule has 0 radical (unpaired) electrons. The summed E-state index contributed by atoms with van der Waals surface area (Å²) in [6, 6.07) is 1.04. The van der Waals surface area contributed by atoms with Gasteiger partial charge in [0.1, 0.15) is 11.9 Å². The number of fused-ring (bicyclic) bond motifs is 1. The van der Waals surface area contributed by atoms with E-state index < -0.39 is 23.7 Å². The van der Waals surface area contributed by atoms with Gasteiger partial charge in [0.25, 0.3) is 5.91 Å². The van der Waals surface area contributed by atoms with Crippen molar-refractivity contribution in [1.29, 1.82) is 0 Å². The van der Waals surface area contributed by atoms with E-state index in [2.05, 4.69) is 15.6 Å². The number of carbonyl (C=O) groups excluding carboxylic acids is 2. The SMILES string of the molecule is CNC(=O)c1csc2c(C(F)(F)F)cc(N3CCC(OC(=O)NCC4CCC4)CC3)nc12. The lowest BCUT2D eigenvalue weighted by Crippen LogP contribution is -2.41. The summed E-state index contributed by atoms with van der Waals surface area (Å²) in [5.74, 6) is 0.223. The minimum Gasteiger partial charge on any atom is -0.446 e. The van der Waals surface area contributed by atoms with Gasteiger partial charge in [-0.25, -0.2) is 9.78 Å². The van der Waals surface area contributed by atoms with Crippen LogP contribution in [0.15, 0.2) is 11.4 Å². The van der Waals surface area contributed by atoms with Crippen molar-refractivity contribution in [2.24, 2.45) is 5.92 Å². The third-order valence-corrected chi connectivity index (χ3v) is 7.09. The number of nitrogens with one attached hydrogen (secondary N) is 2. The van der Waals surface area contributed by atoms with E-state index in [1.807, 2.05) is 0 Å². The molecule has 1 aliphatic carbocycles. The topological polar surface area (TPSA) is 83.6 Å². The second-order valence-corrected chi connectivity index (χ2v) is 9.08. The molecule has 0 unspecified atom stereocenters. The number of amides is 2. The number of alkyl halides is 3. The lowest BCUT2D eigenvalue weighted by molar-refractivity contribution is -0.136. The first kappa shape index (κ1) is 22.6. The molecule has 2 aromatic rings. The predicted octanol–water partition coefficient (Wildman–Crippen LogP) is 4.17. The van der Waals surface area contributed by atoms with Crippen LogP contribution in [-0.2, 0) is 10.9 Å². The van der Waals surface area contributed by atoms with Crippen LogP contribution in [0.5, 0.6) is 0 Å². The third-order valence-electron chi connectivity index (χ3n) is 6.09. The number of hydrogen-bond donors (Lipinski definition) is 2. The molecule has 2 aliphatic rings. The van der Waals surface area contributed by atoms with Gasteiger partial charge in [-0.1, -0.05) is 6.42 Å². The fourth-order valence-electron chi connectivity index (χ4n) is 3.98. The van der Waals surface area contributed by atoms with Gasteiger partial charge in [-0.2, -0.15) is 13.2 Å². The normalized spacial score (nSPS) is 17.8. The maximum Gasteiger partial charge on any atom is 0.417 e. The Hall–Kier alpha value is -2.56. The number of thiophene rings is 1. The zero-order valence-corrected chi connectivity index (χ0v) is 18.4. The quantitative estimate of drug-likeness (QED) is 0.685. The number of rotatable bonds is 5. The van der Waals surface area contributed by atoms with Crippen LogP contribution in [0.4, 0.5) is 23.8 Å². The number of piperidine rings is 1. The van der Waals surface area contributed by atoms with Crippen LogP contribution < -0.4 is 15.5 Å². The maximum absolute atomic E-state index is 13.7. The van der Waals surface area contributed by atoms with Crippen molar-refractivity contribution in [3.63, 3.8) is 0 Å². The van der Waals surface area contributed by atoms with E-state index in [0.29, 0.717) is 38.4 Å². The summed E-state index contributed by atoms with van der Waals surface area (Å²) < 4.78 is 46.6. The van der Waals surface area contributed by atoms with Crippen LogP contribution in [0.2, 0.25) is 0 Å². The number of alkyl carbamates (subject to hydrolysis) is 1.